The van der Waals surface area contributed by atoms with Gasteiger partial charge in [-0.3, -0.25) is 9.55 Å². The summed E-state index contributed by atoms with van der Waals surface area (Å²) in [5.74, 6) is 2.53. The lowest BCUT2D eigenvalue weighted by atomic mass is 10.2. The number of rotatable bonds is 7. The standard InChI is InChI=1S/C17H25N5OS/c1-14(2)13-22-16(21-8-10-23-11-9-21)19-20-17(22)24-12-5-15-3-6-18-7-4-15/h3-4,6-7,14H,5,8-13H2,1-2H3. The highest BCUT2D eigenvalue weighted by molar-refractivity contribution is 7.99. The third kappa shape index (κ3) is 4.48. The molecule has 0 saturated carbocycles. The molecule has 6 nitrogen and oxygen atoms in total. The summed E-state index contributed by atoms with van der Waals surface area (Å²) in [6.45, 7) is 8.70. The summed E-state index contributed by atoms with van der Waals surface area (Å²) in [5, 5.41) is 9.94. The van der Waals surface area contributed by atoms with Gasteiger partial charge >= 0.3 is 0 Å². The molecule has 0 atom stereocenters. The van der Waals surface area contributed by atoms with Crippen LogP contribution in [0.2, 0.25) is 0 Å². The van der Waals surface area contributed by atoms with Crippen LogP contribution in [0.15, 0.2) is 29.7 Å². The molecule has 0 spiro atoms. The number of morpholine rings is 1. The molecule has 0 aromatic carbocycles. The van der Waals surface area contributed by atoms with Crippen molar-refractivity contribution in [2.75, 3.05) is 37.0 Å². The van der Waals surface area contributed by atoms with E-state index >= 15 is 0 Å². The van der Waals surface area contributed by atoms with E-state index in [0.29, 0.717) is 5.92 Å². The molecule has 0 N–H and O–H groups in total. The third-order valence-corrected chi connectivity index (χ3v) is 4.88. The monoisotopic (exact) mass is 347 g/mol. The molecule has 2 aromatic heterocycles. The van der Waals surface area contributed by atoms with Crippen molar-refractivity contribution in [1.82, 2.24) is 19.7 Å². The zero-order valence-corrected chi connectivity index (χ0v) is 15.2. The Hall–Kier alpha value is -1.60. The minimum atomic E-state index is 0.556. The number of aromatic nitrogens is 4. The number of anilines is 1. The predicted octanol–water partition coefficient (Wildman–Crippen LogP) is 2.50. The normalized spacial score (nSPS) is 15.2. The fraction of sp³-hybridized carbons (Fsp3) is 0.588. The largest absolute Gasteiger partial charge is 0.378 e. The SMILES string of the molecule is CC(C)Cn1c(SCCc2ccncc2)nnc1N1CCOCC1. The van der Waals surface area contributed by atoms with Crippen molar-refractivity contribution in [2.24, 2.45) is 5.92 Å². The summed E-state index contributed by atoms with van der Waals surface area (Å²) >= 11 is 1.78. The highest BCUT2D eigenvalue weighted by Crippen LogP contribution is 2.24. The van der Waals surface area contributed by atoms with Gasteiger partial charge < -0.3 is 9.64 Å². The number of aryl methyl sites for hydroxylation is 1. The summed E-state index contributed by atoms with van der Waals surface area (Å²) in [5.41, 5.74) is 1.31. The van der Waals surface area contributed by atoms with Gasteiger partial charge in [0.1, 0.15) is 0 Å². The van der Waals surface area contributed by atoms with Crippen molar-refractivity contribution in [3.63, 3.8) is 0 Å². The van der Waals surface area contributed by atoms with Gasteiger partial charge in [0.15, 0.2) is 5.16 Å². The van der Waals surface area contributed by atoms with E-state index in [2.05, 4.69) is 50.6 Å². The van der Waals surface area contributed by atoms with Crippen LogP contribution in [0.3, 0.4) is 0 Å². The van der Waals surface area contributed by atoms with E-state index in [4.69, 9.17) is 4.74 Å². The van der Waals surface area contributed by atoms with E-state index in [0.717, 1.165) is 56.1 Å². The Balaban J connectivity index is 1.68. The first-order chi connectivity index (χ1) is 11.7. The summed E-state index contributed by atoms with van der Waals surface area (Å²) in [6.07, 6.45) is 4.70. The molecule has 0 amide bonds. The second-order valence-corrected chi connectivity index (χ2v) is 7.40. The molecule has 7 heteroatoms. The maximum atomic E-state index is 5.45. The Morgan fingerprint density at radius 1 is 1.17 bits per heavy atom. The van der Waals surface area contributed by atoms with Crippen LogP contribution in [-0.4, -0.2) is 51.8 Å². The summed E-state index contributed by atoms with van der Waals surface area (Å²) < 4.78 is 7.72. The van der Waals surface area contributed by atoms with E-state index in [1.54, 1.807) is 11.8 Å². The third-order valence-electron chi connectivity index (χ3n) is 3.91. The lowest BCUT2D eigenvalue weighted by molar-refractivity contribution is 0.121. The van der Waals surface area contributed by atoms with Gasteiger partial charge in [0.2, 0.25) is 5.95 Å². The lowest BCUT2D eigenvalue weighted by Crippen LogP contribution is -2.38. The number of pyridine rings is 1. The van der Waals surface area contributed by atoms with Crippen LogP contribution in [0.5, 0.6) is 0 Å². The number of ether oxygens (including phenoxy) is 1. The fourth-order valence-electron chi connectivity index (χ4n) is 2.72. The molecule has 0 bridgehead atoms. The molecular formula is C17H25N5OS. The molecule has 1 fully saturated rings. The van der Waals surface area contributed by atoms with Gasteiger partial charge in [-0.25, -0.2) is 0 Å². The highest BCUT2D eigenvalue weighted by atomic mass is 32.2. The van der Waals surface area contributed by atoms with E-state index < -0.39 is 0 Å². The maximum Gasteiger partial charge on any atom is 0.228 e. The molecule has 3 rings (SSSR count). The van der Waals surface area contributed by atoms with Crippen molar-refractivity contribution in [2.45, 2.75) is 32.0 Å². The van der Waals surface area contributed by atoms with Crippen LogP contribution in [0.1, 0.15) is 19.4 Å². The van der Waals surface area contributed by atoms with Gasteiger partial charge in [-0.15, -0.1) is 10.2 Å². The average molecular weight is 347 g/mol. The van der Waals surface area contributed by atoms with Crippen LogP contribution in [-0.2, 0) is 17.7 Å². The van der Waals surface area contributed by atoms with Gasteiger partial charge in [-0.05, 0) is 30.0 Å². The number of hydrogen-bond acceptors (Lipinski definition) is 6. The average Bonchev–Trinajstić information content (AvgIpc) is 2.99. The van der Waals surface area contributed by atoms with E-state index in [-0.39, 0.29) is 0 Å². The van der Waals surface area contributed by atoms with Gasteiger partial charge in [0.25, 0.3) is 0 Å². The summed E-state index contributed by atoms with van der Waals surface area (Å²) in [7, 11) is 0. The molecule has 24 heavy (non-hydrogen) atoms. The Labute approximate surface area is 147 Å². The number of hydrogen-bond donors (Lipinski definition) is 0. The van der Waals surface area contributed by atoms with Gasteiger partial charge in [-0.1, -0.05) is 25.6 Å². The molecule has 1 saturated heterocycles. The Morgan fingerprint density at radius 3 is 2.62 bits per heavy atom. The highest BCUT2D eigenvalue weighted by Gasteiger charge is 2.21. The van der Waals surface area contributed by atoms with Crippen LogP contribution in [0.4, 0.5) is 5.95 Å². The van der Waals surface area contributed by atoms with Crippen LogP contribution in [0, 0.1) is 5.92 Å². The van der Waals surface area contributed by atoms with Crippen molar-refractivity contribution >= 4 is 17.7 Å². The van der Waals surface area contributed by atoms with Crippen molar-refractivity contribution in [1.29, 1.82) is 0 Å². The molecule has 2 aromatic rings. The Kier molecular flexibility index (Phi) is 6.09. The molecule has 0 aliphatic carbocycles. The zero-order chi connectivity index (χ0) is 16.8. The fourth-order valence-corrected chi connectivity index (χ4v) is 3.65. The molecule has 1 aliphatic rings. The van der Waals surface area contributed by atoms with Crippen molar-refractivity contribution in [3.05, 3.63) is 30.1 Å². The molecule has 0 unspecified atom stereocenters. The molecule has 0 radical (unpaired) electrons. The number of thioether (sulfide) groups is 1. The zero-order valence-electron chi connectivity index (χ0n) is 14.4. The Bertz CT molecular complexity index is 625. The molecule has 3 heterocycles. The maximum absolute atomic E-state index is 5.45. The molecular weight excluding hydrogens is 322 g/mol. The van der Waals surface area contributed by atoms with Crippen molar-refractivity contribution < 1.29 is 4.74 Å². The van der Waals surface area contributed by atoms with Crippen LogP contribution < -0.4 is 4.90 Å². The summed E-state index contributed by atoms with van der Waals surface area (Å²) in [6, 6.07) is 4.14. The van der Waals surface area contributed by atoms with E-state index in [9.17, 15) is 0 Å². The second-order valence-electron chi connectivity index (χ2n) is 6.34. The van der Waals surface area contributed by atoms with E-state index in [1.807, 2.05) is 12.4 Å². The van der Waals surface area contributed by atoms with Gasteiger partial charge in [-0.2, -0.15) is 0 Å². The van der Waals surface area contributed by atoms with Crippen molar-refractivity contribution in [3.8, 4) is 0 Å². The number of nitrogens with zero attached hydrogens (tertiary/aromatic N) is 5. The Morgan fingerprint density at radius 2 is 1.92 bits per heavy atom. The van der Waals surface area contributed by atoms with Crippen LogP contribution in [0.25, 0.3) is 0 Å². The summed E-state index contributed by atoms with van der Waals surface area (Å²) in [4.78, 5) is 6.35. The topological polar surface area (TPSA) is 56.1 Å². The first-order valence-electron chi connectivity index (χ1n) is 8.51. The van der Waals surface area contributed by atoms with Crippen LogP contribution >= 0.6 is 11.8 Å². The van der Waals surface area contributed by atoms with Gasteiger partial charge in [0, 0.05) is 37.8 Å². The lowest BCUT2D eigenvalue weighted by Gasteiger charge is -2.28. The van der Waals surface area contributed by atoms with E-state index in [1.165, 1.54) is 5.56 Å². The first-order valence-corrected chi connectivity index (χ1v) is 9.50. The smallest absolute Gasteiger partial charge is 0.228 e. The second kappa shape index (κ2) is 8.48. The van der Waals surface area contributed by atoms with Gasteiger partial charge in [0.05, 0.1) is 13.2 Å². The predicted molar refractivity (Wildman–Crippen MR) is 96.6 cm³/mol. The quantitative estimate of drug-likeness (QED) is 0.717. The molecule has 130 valence electrons. The molecule has 1 aliphatic heterocycles. The minimum Gasteiger partial charge on any atom is -0.378 e. The minimum absolute atomic E-state index is 0.556. The first kappa shape index (κ1) is 17.2.